The van der Waals surface area contributed by atoms with Gasteiger partial charge in [-0.15, -0.1) is 0 Å². The van der Waals surface area contributed by atoms with E-state index in [0.717, 1.165) is 28.4 Å². The van der Waals surface area contributed by atoms with Gasteiger partial charge in [-0.1, -0.05) is 31.4 Å². The molecule has 2 unspecified atom stereocenters. The number of carbonyl (C=O) groups excluding carboxylic acids is 1. The van der Waals surface area contributed by atoms with Crippen molar-refractivity contribution in [3.8, 4) is 0 Å². The molecule has 1 fully saturated rings. The Kier molecular flexibility index (Phi) is 5.45. The summed E-state index contributed by atoms with van der Waals surface area (Å²) in [4.78, 5) is 36.0. The number of nitrogens with zero attached hydrogens (tertiary/aromatic N) is 2. The predicted octanol–water partition coefficient (Wildman–Crippen LogP) is 1.38. The molecule has 2 rings (SSSR count). The zero-order valence-corrected chi connectivity index (χ0v) is 13.7. The van der Waals surface area contributed by atoms with E-state index in [4.69, 9.17) is 11.6 Å². The Bertz CT molecular complexity index is 665. The zero-order chi connectivity index (χ0) is 16.3. The second-order valence-corrected chi connectivity index (χ2v) is 6.24. The second-order valence-electron chi connectivity index (χ2n) is 5.85. The first-order valence-electron chi connectivity index (χ1n) is 7.73. The molecule has 1 aromatic heterocycles. The Hall–Kier alpha value is -1.56. The Balaban J connectivity index is 2.15. The molecule has 0 aromatic carbocycles. The maximum atomic E-state index is 12.2. The highest BCUT2D eigenvalue weighted by Gasteiger charge is 2.23. The molecule has 1 aromatic rings. The first-order chi connectivity index (χ1) is 10.4. The van der Waals surface area contributed by atoms with Gasteiger partial charge < -0.3 is 5.32 Å². The van der Waals surface area contributed by atoms with Crippen LogP contribution < -0.4 is 16.6 Å². The number of rotatable bonds is 4. The van der Waals surface area contributed by atoms with E-state index in [-0.39, 0.29) is 30.2 Å². The molecule has 1 N–H and O–H groups in total. The number of hydrogen-bond acceptors (Lipinski definition) is 3. The van der Waals surface area contributed by atoms with Crippen molar-refractivity contribution < 1.29 is 4.79 Å². The van der Waals surface area contributed by atoms with Crippen molar-refractivity contribution >= 4 is 17.5 Å². The van der Waals surface area contributed by atoms with Crippen LogP contribution in [0.1, 0.15) is 39.5 Å². The van der Waals surface area contributed by atoms with Crippen molar-refractivity contribution in [1.29, 1.82) is 0 Å². The van der Waals surface area contributed by atoms with Gasteiger partial charge in [0.2, 0.25) is 5.91 Å². The molecular weight excluding hydrogens is 306 g/mol. The van der Waals surface area contributed by atoms with E-state index in [2.05, 4.69) is 12.2 Å². The largest absolute Gasteiger partial charge is 0.352 e. The average molecular weight is 328 g/mol. The minimum atomic E-state index is -0.549. The van der Waals surface area contributed by atoms with Gasteiger partial charge in [-0.3, -0.25) is 18.7 Å². The number of nitrogens with one attached hydrogen (secondary N) is 1. The number of halogens is 1. The smallest absolute Gasteiger partial charge is 0.332 e. The van der Waals surface area contributed by atoms with Crippen molar-refractivity contribution in [3.63, 3.8) is 0 Å². The highest BCUT2D eigenvalue weighted by Crippen LogP contribution is 2.23. The highest BCUT2D eigenvalue weighted by molar-refractivity contribution is 6.29. The van der Waals surface area contributed by atoms with Gasteiger partial charge in [0.1, 0.15) is 11.7 Å². The number of amides is 1. The third-order valence-corrected chi connectivity index (χ3v) is 4.62. The van der Waals surface area contributed by atoms with Crippen molar-refractivity contribution in [1.82, 2.24) is 14.5 Å². The molecule has 7 heteroatoms. The van der Waals surface area contributed by atoms with E-state index < -0.39 is 11.2 Å². The van der Waals surface area contributed by atoms with Crippen molar-refractivity contribution in [3.05, 3.63) is 32.1 Å². The van der Waals surface area contributed by atoms with Crippen LogP contribution in [0.15, 0.2) is 15.7 Å². The van der Waals surface area contributed by atoms with E-state index in [9.17, 15) is 14.4 Å². The molecule has 0 radical (unpaired) electrons. The zero-order valence-electron chi connectivity index (χ0n) is 13.0. The molecule has 122 valence electrons. The lowest BCUT2D eigenvalue weighted by Crippen LogP contribution is -2.46. The maximum Gasteiger partial charge on any atom is 0.332 e. The summed E-state index contributed by atoms with van der Waals surface area (Å²) in [6, 6.07) is 1.32. The van der Waals surface area contributed by atoms with E-state index in [1.54, 1.807) is 6.92 Å². The summed E-state index contributed by atoms with van der Waals surface area (Å²) in [5.41, 5.74) is -0.998. The number of hydrogen-bond donors (Lipinski definition) is 1. The predicted molar refractivity (Wildman–Crippen MR) is 85.2 cm³/mol. The fourth-order valence-corrected chi connectivity index (χ4v) is 3.18. The normalized spacial score (nSPS) is 21.6. The average Bonchev–Trinajstić information content (AvgIpc) is 2.46. The van der Waals surface area contributed by atoms with Gasteiger partial charge >= 0.3 is 5.69 Å². The molecule has 0 saturated heterocycles. The summed E-state index contributed by atoms with van der Waals surface area (Å²) in [7, 11) is 0. The van der Waals surface area contributed by atoms with Gasteiger partial charge in [-0.2, -0.15) is 0 Å². The van der Waals surface area contributed by atoms with E-state index >= 15 is 0 Å². The molecular formula is C15H22ClN3O3. The summed E-state index contributed by atoms with van der Waals surface area (Å²) in [5.74, 6) is 0.193. The second kappa shape index (κ2) is 7.13. The summed E-state index contributed by atoms with van der Waals surface area (Å²) < 4.78 is 2.19. The molecule has 6 nitrogen and oxygen atoms in total. The third-order valence-electron chi connectivity index (χ3n) is 4.30. The van der Waals surface area contributed by atoms with Crippen LogP contribution in [-0.4, -0.2) is 21.1 Å². The van der Waals surface area contributed by atoms with Crippen molar-refractivity contribution in [2.45, 2.75) is 58.7 Å². The molecule has 0 aliphatic heterocycles. The van der Waals surface area contributed by atoms with Crippen LogP contribution in [0.4, 0.5) is 0 Å². The first kappa shape index (κ1) is 16.8. The van der Waals surface area contributed by atoms with Gasteiger partial charge in [0.15, 0.2) is 0 Å². The van der Waals surface area contributed by atoms with Crippen LogP contribution in [0.3, 0.4) is 0 Å². The van der Waals surface area contributed by atoms with Crippen LogP contribution in [-0.2, 0) is 17.9 Å². The summed E-state index contributed by atoms with van der Waals surface area (Å²) >= 11 is 5.95. The van der Waals surface area contributed by atoms with Crippen molar-refractivity contribution in [2.75, 3.05) is 0 Å². The topological polar surface area (TPSA) is 73.1 Å². The summed E-state index contributed by atoms with van der Waals surface area (Å²) in [5, 5.41) is 2.97. The minimum absolute atomic E-state index is 0.00783. The fraction of sp³-hybridized carbons (Fsp3) is 0.667. The fourth-order valence-electron chi connectivity index (χ4n) is 2.95. The maximum absolute atomic E-state index is 12.2. The lowest BCUT2D eigenvalue weighted by atomic mass is 9.86. The number of carbonyl (C=O) groups is 1. The molecule has 2 atom stereocenters. The molecule has 1 amide bonds. The van der Waals surface area contributed by atoms with Gasteiger partial charge in [0.25, 0.3) is 5.56 Å². The Morgan fingerprint density at radius 3 is 2.64 bits per heavy atom. The van der Waals surface area contributed by atoms with Gasteiger partial charge in [-0.05, 0) is 25.7 Å². The lowest BCUT2D eigenvalue weighted by molar-refractivity contribution is -0.123. The highest BCUT2D eigenvalue weighted by atomic mass is 35.5. The van der Waals surface area contributed by atoms with Gasteiger partial charge in [-0.25, -0.2) is 4.79 Å². The SMILES string of the molecule is CCn1c(=O)cc(Cl)n(CC(=O)NC2CCCCC2C)c1=O. The monoisotopic (exact) mass is 327 g/mol. The molecule has 1 aliphatic carbocycles. The number of aromatic nitrogens is 2. The quantitative estimate of drug-likeness (QED) is 0.849. The van der Waals surface area contributed by atoms with E-state index in [1.165, 1.54) is 12.5 Å². The first-order valence-corrected chi connectivity index (χ1v) is 8.11. The summed E-state index contributed by atoms with van der Waals surface area (Å²) in [6.07, 6.45) is 4.37. The van der Waals surface area contributed by atoms with Crippen LogP contribution in [0, 0.1) is 5.92 Å². The third kappa shape index (κ3) is 3.61. The Morgan fingerprint density at radius 2 is 2.00 bits per heavy atom. The van der Waals surface area contributed by atoms with Gasteiger partial charge in [0.05, 0.1) is 0 Å². The lowest BCUT2D eigenvalue weighted by Gasteiger charge is -2.29. The molecule has 1 aliphatic rings. The Labute approximate surface area is 134 Å². The van der Waals surface area contributed by atoms with Crippen LogP contribution in [0.25, 0.3) is 0 Å². The van der Waals surface area contributed by atoms with Crippen LogP contribution in [0.2, 0.25) is 5.15 Å². The Morgan fingerprint density at radius 1 is 1.32 bits per heavy atom. The minimum Gasteiger partial charge on any atom is -0.352 e. The molecule has 22 heavy (non-hydrogen) atoms. The molecule has 0 spiro atoms. The van der Waals surface area contributed by atoms with Crippen LogP contribution in [0.5, 0.6) is 0 Å². The van der Waals surface area contributed by atoms with Crippen molar-refractivity contribution in [2.24, 2.45) is 5.92 Å². The summed E-state index contributed by atoms with van der Waals surface area (Å²) in [6.45, 7) is 3.91. The molecule has 0 bridgehead atoms. The van der Waals surface area contributed by atoms with Gasteiger partial charge in [0, 0.05) is 18.7 Å². The standard InChI is InChI=1S/C15H22ClN3O3/c1-3-18-14(21)8-12(16)19(15(18)22)9-13(20)17-11-7-5-4-6-10(11)2/h8,10-11H,3-7,9H2,1-2H3,(H,17,20). The van der Waals surface area contributed by atoms with E-state index in [1.807, 2.05) is 0 Å². The molecule has 1 heterocycles. The van der Waals surface area contributed by atoms with E-state index in [0.29, 0.717) is 5.92 Å². The van der Waals surface area contributed by atoms with Crippen LogP contribution >= 0.6 is 11.6 Å². The molecule has 1 saturated carbocycles.